The number of halogens is 2. The second-order valence-corrected chi connectivity index (χ2v) is 15.0. The summed E-state index contributed by atoms with van der Waals surface area (Å²) in [6.45, 7) is 2.21. The first-order valence-corrected chi connectivity index (χ1v) is 18.6. The summed E-state index contributed by atoms with van der Waals surface area (Å²) >= 11 is 14.2. The predicted octanol–water partition coefficient (Wildman–Crippen LogP) is 6.18. The summed E-state index contributed by atoms with van der Waals surface area (Å²) in [4.78, 5) is 47.9. The quantitative estimate of drug-likeness (QED) is 0.115. The molecule has 1 aliphatic heterocycles. The van der Waals surface area contributed by atoms with Gasteiger partial charge in [0.05, 0.1) is 47.7 Å². The highest BCUT2D eigenvalue weighted by molar-refractivity contribution is 6.39. The van der Waals surface area contributed by atoms with E-state index in [0.717, 1.165) is 5.56 Å². The third-order valence-electron chi connectivity index (χ3n) is 10.2. The van der Waals surface area contributed by atoms with Crippen molar-refractivity contribution >= 4 is 40.8 Å². The number of rotatable bonds is 12. The fourth-order valence-corrected chi connectivity index (χ4v) is 8.01. The average molecular weight is 788 g/mol. The summed E-state index contributed by atoms with van der Waals surface area (Å²) in [7, 11) is 2.95. The molecule has 4 heterocycles. The maximum Gasteiger partial charge on any atom is 0.407 e. The van der Waals surface area contributed by atoms with E-state index in [9.17, 15) is 24.6 Å². The van der Waals surface area contributed by atoms with Gasteiger partial charge >= 0.3 is 6.09 Å². The molecule has 1 atom stereocenters. The number of carbonyl (C=O) groups is 2. The Balaban J connectivity index is 1.16. The van der Waals surface area contributed by atoms with Gasteiger partial charge in [-0.25, -0.2) is 9.78 Å². The zero-order chi connectivity index (χ0) is 39.0. The van der Waals surface area contributed by atoms with Crippen molar-refractivity contribution in [2.24, 2.45) is 0 Å². The van der Waals surface area contributed by atoms with Crippen molar-refractivity contribution in [2.45, 2.75) is 63.4 Å². The Kier molecular flexibility index (Phi) is 10.7. The van der Waals surface area contributed by atoms with Gasteiger partial charge in [0.2, 0.25) is 17.7 Å². The smallest absolute Gasteiger partial charge is 0.407 e. The number of aromatic nitrogens is 3. The van der Waals surface area contributed by atoms with E-state index in [-0.39, 0.29) is 54.9 Å². The predicted molar refractivity (Wildman–Crippen MR) is 209 cm³/mol. The van der Waals surface area contributed by atoms with Crippen LogP contribution in [-0.2, 0) is 17.9 Å². The molecule has 0 unspecified atom stereocenters. The molecule has 2 fully saturated rings. The second-order valence-electron chi connectivity index (χ2n) is 14.2. The number of benzene rings is 2. The van der Waals surface area contributed by atoms with Gasteiger partial charge in [-0.3, -0.25) is 14.0 Å². The van der Waals surface area contributed by atoms with Crippen molar-refractivity contribution in [3.63, 3.8) is 0 Å². The van der Waals surface area contributed by atoms with E-state index in [1.807, 2.05) is 36.4 Å². The van der Waals surface area contributed by atoms with E-state index in [4.69, 9.17) is 37.7 Å². The van der Waals surface area contributed by atoms with Crippen LogP contribution in [0.5, 0.6) is 11.8 Å². The number of ether oxygens (including phenoxy) is 2. The molecule has 3 aromatic heterocycles. The summed E-state index contributed by atoms with van der Waals surface area (Å²) in [5.41, 5.74) is 4.28. The first kappa shape index (κ1) is 38.1. The highest BCUT2D eigenvalue weighted by atomic mass is 35.5. The molecular weight excluding hydrogens is 747 g/mol. The van der Waals surface area contributed by atoms with Crippen LogP contribution in [0, 0.1) is 0 Å². The molecule has 2 aromatic carbocycles. The van der Waals surface area contributed by atoms with Gasteiger partial charge in [-0.2, -0.15) is 4.98 Å². The number of hydrogen-bond acceptors (Lipinski definition) is 9. The van der Waals surface area contributed by atoms with E-state index in [1.54, 1.807) is 37.4 Å². The van der Waals surface area contributed by atoms with Crippen molar-refractivity contribution < 1.29 is 29.3 Å². The van der Waals surface area contributed by atoms with Gasteiger partial charge in [0.15, 0.2) is 0 Å². The number of carboxylic acid groups (broad SMARTS) is 1. The molecule has 2 amide bonds. The lowest BCUT2D eigenvalue weighted by molar-refractivity contribution is -0.119. The van der Waals surface area contributed by atoms with Crippen molar-refractivity contribution in [2.75, 3.05) is 20.8 Å². The van der Waals surface area contributed by atoms with Crippen LogP contribution < -0.4 is 25.7 Å². The molecule has 0 spiro atoms. The van der Waals surface area contributed by atoms with E-state index >= 15 is 0 Å². The van der Waals surface area contributed by atoms with Crippen LogP contribution in [0.3, 0.4) is 0 Å². The molecule has 0 bridgehead atoms. The third kappa shape index (κ3) is 7.83. The van der Waals surface area contributed by atoms with Gasteiger partial charge in [-0.15, -0.1) is 0 Å². The lowest BCUT2D eigenvalue weighted by Crippen LogP contribution is -2.51. The van der Waals surface area contributed by atoms with E-state index in [1.165, 1.54) is 23.5 Å². The summed E-state index contributed by atoms with van der Waals surface area (Å²) in [6.07, 6.45) is 2.71. The van der Waals surface area contributed by atoms with E-state index in [2.05, 4.69) is 15.6 Å². The number of nitrogens with one attached hydrogen (secondary N) is 2. The minimum atomic E-state index is -1.12. The monoisotopic (exact) mass is 786 g/mol. The summed E-state index contributed by atoms with van der Waals surface area (Å²) in [5.74, 6) is 0.383. The molecule has 15 heteroatoms. The zero-order valence-electron chi connectivity index (χ0n) is 30.4. The minimum absolute atomic E-state index is 0.0177. The van der Waals surface area contributed by atoms with Crippen LogP contribution in [0.4, 0.5) is 4.79 Å². The summed E-state index contributed by atoms with van der Waals surface area (Å²) in [6, 6.07) is 18.1. The molecular formula is C40H40Cl2N6O7. The van der Waals surface area contributed by atoms with Gasteiger partial charge in [-0.1, -0.05) is 59.6 Å². The normalized spacial score (nSPS) is 19.2. The number of amides is 2. The highest BCUT2D eigenvalue weighted by Gasteiger charge is 2.38. The second kappa shape index (κ2) is 15.5. The van der Waals surface area contributed by atoms with Gasteiger partial charge in [0.1, 0.15) is 5.65 Å². The number of fused-ring (bicyclic) bond motifs is 1. The van der Waals surface area contributed by atoms with Crippen LogP contribution in [0.2, 0.25) is 10.0 Å². The molecule has 13 nitrogen and oxygen atoms in total. The molecule has 1 saturated heterocycles. The van der Waals surface area contributed by atoms with Gasteiger partial charge in [0.25, 0.3) is 5.56 Å². The molecule has 1 saturated carbocycles. The zero-order valence-corrected chi connectivity index (χ0v) is 31.9. The molecule has 286 valence electrons. The maximum atomic E-state index is 13.6. The fraction of sp³-hybridized carbons (Fsp3) is 0.325. The standard InChI is InChI=1S/C40H40Cl2N6O7/c1-40(53)17-25(18-40)43-19-30-37(55-3)46-32-16-22(14-15-48(32)38(30)50)26-6-4-7-27(34(26)41)28-8-5-9-29(35(28)42)31-12-10-23(36(45-31)54-2)20-47(39(51)52)21-24-11-13-33(49)44-24/h4-10,12,14-16,24-25,43,53H,11,13,17-21H2,1-3H3,(H,44,49)(H,51,52)/t24-,25?,40?/m0/s1. The number of pyridine rings is 2. The lowest BCUT2D eigenvalue weighted by atomic mass is 9.77. The molecule has 1 aliphatic carbocycles. The van der Waals surface area contributed by atoms with Gasteiger partial charge in [-0.05, 0) is 56.0 Å². The van der Waals surface area contributed by atoms with Crippen LogP contribution in [-0.4, -0.2) is 79.9 Å². The molecule has 0 radical (unpaired) electrons. The van der Waals surface area contributed by atoms with Crippen LogP contribution in [0.15, 0.2) is 71.7 Å². The number of hydrogen-bond donors (Lipinski definition) is 4. The minimum Gasteiger partial charge on any atom is -0.481 e. The Morgan fingerprint density at radius 3 is 2.29 bits per heavy atom. The molecule has 55 heavy (non-hydrogen) atoms. The van der Waals surface area contributed by atoms with E-state index in [0.29, 0.717) is 80.5 Å². The van der Waals surface area contributed by atoms with Gasteiger partial charge < -0.3 is 35.2 Å². The Morgan fingerprint density at radius 1 is 0.982 bits per heavy atom. The largest absolute Gasteiger partial charge is 0.481 e. The van der Waals surface area contributed by atoms with E-state index < -0.39 is 11.7 Å². The maximum absolute atomic E-state index is 13.6. The Morgan fingerprint density at radius 2 is 1.65 bits per heavy atom. The SMILES string of the molecule is COc1nc(-c2cccc(-c3cccc(-c4ccn5c(=O)c(CNC6CC(C)(O)C6)c(OC)nc5c4)c3Cl)c2Cl)ccc1CN(C[C@@H]1CCC(=O)N1)C(=O)O. The lowest BCUT2D eigenvalue weighted by Gasteiger charge is -2.41. The molecule has 2 aliphatic rings. The number of nitrogens with zero attached hydrogens (tertiary/aromatic N) is 4. The first-order valence-electron chi connectivity index (χ1n) is 17.8. The third-order valence-corrected chi connectivity index (χ3v) is 11.0. The van der Waals surface area contributed by atoms with Crippen LogP contribution >= 0.6 is 23.2 Å². The Hall–Kier alpha value is -5.21. The van der Waals surface area contributed by atoms with Crippen molar-refractivity contribution in [1.82, 2.24) is 29.9 Å². The van der Waals surface area contributed by atoms with Crippen LogP contribution in [0.1, 0.15) is 43.7 Å². The van der Waals surface area contributed by atoms with Crippen molar-refractivity contribution in [3.8, 4) is 45.3 Å². The summed E-state index contributed by atoms with van der Waals surface area (Å²) in [5, 5.41) is 26.9. The highest BCUT2D eigenvalue weighted by Crippen LogP contribution is 2.42. The topological polar surface area (TPSA) is 168 Å². The number of methoxy groups -OCH3 is 2. The summed E-state index contributed by atoms with van der Waals surface area (Å²) < 4.78 is 12.6. The Labute approximate surface area is 326 Å². The average Bonchev–Trinajstić information content (AvgIpc) is 3.57. The molecule has 5 aromatic rings. The first-order chi connectivity index (χ1) is 26.3. The Bertz CT molecular complexity index is 2360. The molecule has 7 rings (SSSR count). The van der Waals surface area contributed by atoms with Crippen molar-refractivity contribution in [1.29, 1.82) is 0 Å². The van der Waals surface area contributed by atoms with Crippen molar-refractivity contribution in [3.05, 3.63) is 98.4 Å². The number of aliphatic hydroxyl groups is 1. The van der Waals surface area contributed by atoms with Gasteiger partial charge in [0, 0.05) is 65.6 Å². The fourth-order valence-electron chi connectivity index (χ4n) is 7.35. The van der Waals surface area contributed by atoms with Crippen LogP contribution in [0.25, 0.3) is 39.2 Å². The number of carbonyl (C=O) groups excluding carboxylic acids is 1. The molecule has 4 N–H and O–H groups in total.